The Labute approximate surface area is 106 Å². The van der Waals surface area contributed by atoms with Gasteiger partial charge in [-0.05, 0) is 29.9 Å². The molecule has 88 valence electrons. The summed E-state index contributed by atoms with van der Waals surface area (Å²) in [5, 5.41) is 10.7. The third-order valence-electron chi connectivity index (χ3n) is 2.32. The van der Waals surface area contributed by atoms with Gasteiger partial charge in [-0.25, -0.2) is 0 Å². The van der Waals surface area contributed by atoms with Gasteiger partial charge in [0.2, 0.25) is 11.9 Å². The number of benzene rings is 1. The van der Waals surface area contributed by atoms with Gasteiger partial charge >= 0.3 is 0 Å². The van der Waals surface area contributed by atoms with E-state index < -0.39 is 0 Å². The van der Waals surface area contributed by atoms with Crippen molar-refractivity contribution in [2.24, 2.45) is 0 Å². The van der Waals surface area contributed by atoms with Gasteiger partial charge in [0.15, 0.2) is 15.5 Å². The van der Waals surface area contributed by atoms with Crippen molar-refractivity contribution in [2.75, 3.05) is 12.1 Å². The molecule has 0 amide bonds. The number of ether oxygens (including phenoxy) is 2. The summed E-state index contributed by atoms with van der Waals surface area (Å²) in [6.07, 6.45) is 0. The van der Waals surface area contributed by atoms with Gasteiger partial charge in [-0.3, -0.25) is 5.10 Å². The van der Waals surface area contributed by atoms with Crippen LogP contribution in [0.1, 0.15) is 5.56 Å². The van der Waals surface area contributed by atoms with E-state index in [0.29, 0.717) is 17.3 Å². The molecular weight excluding hydrogens is 258 g/mol. The summed E-state index contributed by atoms with van der Waals surface area (Å²) < 4.78 is 11.2. The molecule has 1 aromatic heterocycles. The molecular formula is C10H9N3O2S2. The van der Waals surface area contributed by atoms with E-state index in [2.05, 4.69) is 15.5 Å². The van der Waals surface area contributed by atoms with Crippen LogP contribution in [0.2, 0.25) is 0 Å². The molecule has 0 bridgehead atoms. The van der Waals surface area contributed by atoms with E-state index in [1.54, 1.807) is 0 Å². The molecule has 0 unspecified atom stereocenters. The highest BCUT2D eigenvalue weighted by molar-refractivity contribution is 7.73. The summed E-state index contributed by atoms with van der Waals surface area (Å²) >= 11 is 6.37. The minimum atomic E-state index is 0.299. The van der Waals surface area contributed by atoms with Crippen molar-refractivity contribution in [3.63, 3.8) is 0 Å². The second kappa shape index (κ2) is 4.34. The fourth-order valence-electron chi connectivity index (χ4n) is 1.53. The van der Waals surface area contributed by atoms with Gasteiger partial charge in [-0.15, -0.1) is 5.10 Å². The molecule has 5 nitrogen and oxygen atoms in total. The van der Waals surface area contributed by atoms with Gasteiger partial charge in [0.1, 0.15) is 0 Å². The number of fused-ring (bicyclic) bond motifs is 1. The molecule has 2 heterocycles. The lowest BCUT2D eigenvalue weighted by atomic mass is 10.2. The summed E-state index contributed by atoms with van der Waals surface area (Å²) in [6, 6.07) is 5.86. The molecule has 0 radical (unpaired) electrons. The molecule has 0 saturated heterocycles. The van der Waals surface area contributed by atoms with Crippen molar-refractivity contribution in [1.82, 2.24) is 10.2 Å². The Morgan fingerprint density at radius 1 is 1.41 bits per heavy atom. The van der Waals surface area contributed by atoms with Crippen molar-refractivity contribution in [3.05, 3.63) is 27.7 Å². The number of aromatic amines is 1. The third kappa shape index (κ3) is 2.25. The quantitative estimate of drug-likeness (QED) is 0.837. The van der Waals surface area contributed by atoms with E-state index in [0.717, 1.165) is 22.2 Å². The molecule has 3 rings (SSSR count). The van der Waals surface area contributed by atoms with Crippen LogP contribution in [0, 0.1) is 3.95 Å². The van der Waals surface area contributed by atoms with Gasteiger partial charge in [0.25, 0.3) is 0 Å². The molecule has 1 aliphatic heterocycles. The van der Waals surface area contributed by atoms with E-state index in [1.165, 1.54) is 11.3 Å². The zero-order valence-corrected chi connectivity index (χ0v) is 10.4. The first-order chi connectivity index (χ1) is 8.31. The average Bonchev–Trinajstić information content (AvgIpc) is 2.94. The molecule has 2 N–H and O–H groups in total. The largest absolute Gasteiger partial charge is 0.454 e. The summed E-state index contributed by atoms with van der Waals surface area (Å²) in [5.41, 5.74) is 1.11. The highest BCUT2D eigenvalue weighted by Gasteiger charge is 2.12. The van der Waals surface area contributed by atoms with E-state index >= 15 is 0 Å². The number of aromatic nitrogens is 2. The predicted octanol–water partition coefficient (Wildman–Crippen LogP) is 2.54. The van der Waals surface area contributed by atoms with Crippen LogP contribution in [0.5, 0.6) is 11.5 Å². The van der Waals surface area contributed by atoms with Crippen molar-refractivity contribution < 1.29 is 9.47 Å². The van der Waals surface area contributed by atoms with Gasteiger partial charge < -0.3 is 14.8 Å². The van der Waals surface area contributed by atoms with E-state index in [4.69, 9.17) is 21.7 Å². The maximum absolute atomic E-state index is 5.31. The molecule has 17 heavy (non-hydrogen) atoms. The van der Waals surface area contributed by atoms with E-state index in [1.807, 2.05) is 18.2 Å². The molecule has 1 aromatic carbocycles. The number of hydrogen-bond acceptors (Lipinski definition) is 6. The SMILES string of the molecule is S=c1[nH]nc(NCc2ccc3c(c2)OCO3)s1. The lowest BCUT2D eigenvalue weighted by molar-refractivity contribution is 0.174. The summed E-state index contributed by atoms with van der Waals surface area (Å²) in [7, 11) is 0. The topological polar surface area (TPSA) is 59.2 Å². The van der Waals surface area contributed by atoms with Crippen LogP contribution in [0.3, 0.4) is 0 Å². The smallest absolute Gasteiger partial charge is 0.231 e. The molecule has 0 spiro atoms. The van der Waals surface area contributed by atoms with Crippen LogP contribution in [-0.2, 0) is 6.54 Å². The number of nitrogens with zero attached hydrogens (tertiary/aromatic N) is 1. The monoisotopic (exact) mass is 267 g/mol. The van der Waals surface area contributed by atoms with Crippen LogP contribution in [0.4, 0.5) is 5.13 Å². The second-order valence-electron chi connectivity index (χ2n) is 3.46. The van der Waals surface area contributed by atoms with Gasteiger partial charge in [0, 0.05) is 6.54 Å². The first kappa shape index (κ1) is 10.5. The Morgan fingerprint density at radius 3 is 3.12 bits per heavy atom. The number of nitrogens with one attached hydrogen (secondary N) is 2. The number of H-pyrrole nitrogens is 1. The zero-order chi connectivity index (χ0) is 11.7. The van der Waals surface area contributed by atoms with Crippen LogP contribution in [-0.4, -0.2) is 17.0 Å². The van der Waals surface area contributed by atoms with E-state index in [-0.39, 0.29) is 0 Å². The maximum atomic E-state index is 5.31. The van der Waals surface area contributed by atoms with Crippen molar-refractivity contribution >= 4 is 28.7 Å². The Bertz CT molecular complexity index is 593. The summed E-state index contributed by atoms with van der Waals surface area (Å²) in [5.74, 6) is 1.59. The molecule has 0 fully saturated rings. The van der Waals surface area contributed by atoms with Gasteiger partial charge in [0.05, 0.1) is 0 Å². The summed E-state index contributed by atoms with van der Waals surface area (Å²) in [4.78, 5) is 0. The first-order valence-corrected chi connectivity index (χ1v) is 6.22. The standard InChI is InChI=1S/C10H9N3O2S2/c16-10-13-12-9(17-10)11-4-6-1-2-7-8(3-6)15-5-14-7/h1-3H,4-5H2,(H,11,12)(H,13,16). The minimum Gasteiger partial charge on any atom is -0.454 e. The number of rotatable bonds is 3. The maximum Gasteiger partial charge on any atom is 0.231 e. The molecule has 2 aromatic rings. The fraction of sp³-hybridized carbons (Fsp3) is 0.200. The molecule has 7 heteroatoms. The molecule has 0 saturated carbocycles. The van der Waals surface area contributed by atoms with Gasteiger partial charge in [-0.1, -0.05) is 17.4 Å². The highest BCUT2D eigenvalue weighted by Crippen LogP contribution is 2.32. The predicted molar refractivity (Wildman–Crippen MR) is 67.2 cm³/mol. The van der Waals surface area contributed by atoms with E-state index in [9.17, 15) is 0 Å². The van der Waals surface area contributed by atoms with Crippen LogP contribution < -0.4 is 14.8 Å². The minimum absolute atomic E-state index is 0.299. The Hall–Kier alpha value is -1.60. The van der Waals surface area contributed by atoms with Crippen molar-refractivity contribution in [1.29, 1.82) is 0 Å². The Morgan fingerprint density at radius 2 is 2.29 bits per heavy atom. The lowest BCUT2D eigenvalue weighted by Crippen LogP contribution is -1.98. The average molecular weight is 267 g/mol. The number of hydrogen-bond donors (Lipinski definition) is 2. The van der Waals surface area contributed by atoms with Crippen LogP contribution >= 0.6 is 23.6 Å². The second-order valence-corrected chi connectivity index (χ2v) is 5.13. The Kier molecular flexibility index (Phi) is 2.69. The lowest BCUT2D eigenvalue weighted by Gasteiger charge is -2.03. The van der Waals surface area contributed by atoms with Crippen LogP contribution in [0.25, 0.3) is 0 Å². The highest BCUT2D eigenvalue weighted by atomic mass is 32.1. The molecule has 0 atom stereocenters. The molecule has 1 aliphatic rings. The van der Waals surface area contributed by atoms with Gasteiger partial charge in [-0.2, -0.15) is 0 Å². The normalized spacial score (nSPS) is 12.7. The van der Waals surface area contributed by atoms with Crippen LogP contribution in [0.15, 0.2) is 18.2 Å². The fourth-order valence-corrected chi connectivity index (χ4v) is 2.32. The van der Waals surface area contributed by atoms with Crippen molar-refractivity contribution in [2.45, 2.75) is 6.54 Å². The summed E-state index contributed by atoms with van der Waals surface area (Å²) in [6.45, 7) is 0.972. The number of anilines is 1. The zero-order valence-electron chi connectivity index (χ0n) is 8.73. The first-order valence-electron chi connectivity index (χ1n) is 4.99. The third-order valence-corrected chi connectivity index (χ3v) is 3.37. The Balaban J connectivity index is 1.71. The van der Waals surface area contributed by atoms with Crippen molar-refractivity contribution in [3.8, 4) is 11.5 Å². The molecule has 0 aliphatic carbocycles.